The smallest absolute Gasteiger partial charge is 0.204 e. The Hall–Kier alpha value is -3.09. The molecule has 0 amide bonds. The number of hydrogen-bond acceptors (Lipinski definition) is 6. The first-order chi connectivity index (χ1) is 12.5. The quantitative estimate of drug-likeness (QED) is 0.646. The molecule has 1 aromatic carbocycles. The van der Waals surface area contributed by atoms with Gasteiger partial charge in [0.15, 0.2) is 5.76 Å². The minimum Gasteiger partial charge on any atom is -0.494 e. The van der Waals surface area contributed by atoms with Gasteiger partial charge in [0.25, 0.3) is 0 Å². The Morgan fingerprint density at radius 3 is 2.35 bits per heavy atom. The van der Waals surface area contributed by atoms with Crippen LogP contribution in [0.4, 0.5) is 0 Å². The molecule has 3 rings (SSSR count). The standard InChI is InChI=1S/C19H21N3O4/c1-12(23)8-11-17-20-21-19(16-10-9-13(2)26-16)22(17)18-14(24-3)6-5-7-15(18)25-4/h5-7,9-10H,8,11H2,1-4H3. The molecule has 0 bridgehead atoms. The van der Waals surface area contributed by atoms with Crippen LogP contribution < -0.4 is 9.47 Å². The van der Waals surface area contributed by atoms with Gasteiger partial charge in [-0.15, -0.1) is 10.2 Å². The molecule has 0 aliphatic carbocycles. The lowest BCUT2D eigenvalue weighted by molar-refractivity contribution is -0.117. The zero-order valence-corrected chi connectivity index (χ0v) is 15.3. The second kappa shape index (κ2) is 7.43. The maximum absolute atomic E-state index is 11.5. The van der Waals surface area contributed by atoms with E-state index in [2.05, 4.69) is 10.2 Å². The zero-order chi connectivity index (χ0) is 18.7. The summed E-state index contributed by atoms with van der Waals surface area (Å²) in [5, 5.41) is 8.59. The molecule has 0 N–H and O–H groups in total. The van der Waals surface area contributed by atoms with Crippen molar-refractivity contribution in [2.24, 2.45) is 0 Å². The van der Waals surface area contributed by atoms with Crippen molar-refractivity contribution < 1.29 is 18.7 Å². The molecule has 0 aliphatic heterocycles. The summed E-state index contributed by atoms with van der Waals surface area (Å²) in [7, 11) is 3.18. The van der Waals surface area contributed by atoms with Crippen molar-refractivity contribution in [3.63, 3.8) is 0 Å². The number of benzene rings is 1. The van der Waals surface area contributed by atoms with E-state index in [0.29, 0.717) is 47.4 Å². The highest BCUT2D eigenvalue weighted by molar-refractivity contribution is 5.75. The summed E-state index contributed by atoms with van der Waals surface area (Å²) in [6.45, 7) is 3.42. The number of Topliss-reactive ketones (excluding diaryl/α,β-unsaturated/α-hetero) is 1. The van der Waals surface area contributed by atoms with E-state index in [1.54, 1.807) is 21.1 Å². The molecule has 7 heteroatoms. The fraction of sp³-hybridized carbons (Fsp3) is 0.316. The van der Waals surface area contributed by atoms with Gasteiger partial charge >= 0.3 is 0 Å². The molecular weight excluding hydrogens is 334 g/mol. The average Bonchev–Trinajstić information content (AvgIpc) is 3.24. The van der Waals surface area contributed by atoms with Gasteiger partial charge in [-0.25, -0.2) is 0 Å². The average molecular weight is 355 g/mol. The van der Waals surface area contributed by atoms with Crippen molar-refractivity contribution in [2.45, 2.75) is 26.7 Å². The molecule has 0 unspecified atom stereocenters. The SMILES string of the molecule is COc1cccc(OC)c1-n1c(CCC(C)=O)nnc1-c1ccc(C)o1. The molecule has 136 valence electrons. The van der Waals surface area contributed by atoms with Crippen LogP contribution in [0.2, 0.25) is 0 Å². The summed E-state index contributed by atoms with van der Waals surface area (Å²) >= 11 is 0. The number of nitrogens with zero attached hydrogens (tertiary/aromatic N) is 3. The number of furan rings is 1. The first kappa shape index (κ1) is 17.7. The monoisotopic (exact) mass is 355 g/mol. The number of methoxy groups -OCH3 is 2. The summed E-state index contributed by atoms with van der Waals surface area (Å²) in [6, 6.07) is 9.22. The number of para-hydroxylation sites is 1. The van der Waals surface area contributed by atoms with Gasteiger partial charge < -0.3 is 18.7 Å². The van der Waals surface area contributed by atoms with Crippen molar-refractivity contribution >= 4 is 5.78 Å². The molecule has 0 atom stereocenters. The fourth-order valence-electron chi connectivity index (χ4n) is 2.77. The Kier molecular flexibility index (Phi) is 5.06. The molecular formula is C19H21N3O4. The summed E-state index contributed by atoms with van der Waals surface area (Å²) < 4.78 is 18.6. The molecule has 0 saturated carbocycles. The largest absolute Gasteiger partial charge is 0.494 e. The van der Waals surface area contributed by atoms with Crippen LogP contribution in [0.1, 0.15) is 24.9 Å². The van der Waals surface area contributed by atoms with Gasteiger partial charge in [0, 0.05) is 12.8 Å². The van der Waals surface area contributed by atoms with Crippen LogP contribution in [0, 0.1) is 6.92 Å². The second-order valence-corrected chi connectivity index (χ2v) is 5.90. The van der Waals surface area contributed by atoms with E-state index >= 15 is 0 Å². The third-order valence-corrected chi connectivity index (χ3v) is 4.02. The Bertz CT molecular complexity index is 905. The lowest BCUT2D eigenvalue weighted by Gasteiger charge is -2.16. The lowest BCUT2D eigenvalue weighted by atomic mass is 10.2. The zero-order valence-electron chi connectivity index (χ0n) is 15.3. The Labute approximate surface area is 151 Å². The van der Waals surface area contributed by atoms with Crippen LogP contribution >= 0.6 is 0 Å². The van der Waals surface area contributed by atoms with E-state index in [4.69, 9.17) is 13.9 Å². The van der Waals surface area contributed by atoms with Crippen molar-refractivity contribution in [3.8, 4) is 28.8 Å². The number of aromatic nitrogens is 3. The van der Waals surface area contributed by atoms with Crippen LogP contribution in [0.15, 0.2) is 34.7 Å². The van der Waals surface area contributed by atoms with E-state index in [9.17, 15) is 4.79 Å². The fourth-order valence-corrected chi connectivity index (χ4v) is 2.77. The third-order valence-electron chi connectivity index (χ3n) is 4.02. The van der Waals surface area contributed by atoms with Gasteiger partial charge in [0.1, 0.15) is 34.6 Å². The number of aryl methyl sites for hydroxylation is 2. The lowest BCUT2D eigenvalue weighted by Crippen LogP contribution is -2.08. The molecule has 26 heavy (non-hydrogen) atoms. The molecule has 2 aromatic heterocycles. The van der Waals surface area contributed by atoms with Gasteiger partial charge in [-0.2, -0.15) is 0 Å². The number of rotatable bonds is 7. The van der Waals surface area contributed by atoms with Gasteiger partial charge in [-0.05, 0) is 38.1 Å². The summed E-state index contributed by atoms with van der Waals surface area (Å²) in [5.74, 6) is 3.81. The van der Waals surface area contributed by atoms with E-state index < -0.39 is 0 Å². The van der Waals surface area contributed by atoms with Crippen molar-refractivity contribution in [3.05, 3.63) is 41.9 Å². The summed E-state index contributed by atoms with van der Waals surface area (Å²) in [4.78, 5) is 11.5. The molecule has 0 aliphatic rings. The topological polar surface area (TPSA) is 79.4 Å². The first-order valence-corrected chi connectivity index (χ1v) is 8.27. The van der Waals surface area contributed by atoms with Crippen LogP contribution in [0.5, 0.6) is 11.5 Å². The second-order valence-electron chi connectivity index (χ2n) is 5.90. The van der Waals surface area contributed by atoms with Crippen molar-refractivity contribution in [2.75, 3.05) is 14.2 Å². The van der Waals surface area contributed by atoms with E-state index in [0.717, 1.165) is 5.76 Å². The first-order valence-electron chi connectivity index (χ1n) is 8.27. The van der Waals surface area contributed by atoms with Crippen LogP contribution in [-0.2, 0) is 11.2 Å². The van der Waals surface area contributed by atoms with Gasteiger partial charge in [0.05, 0.1) is 14.2 Å². The molecule has 2 heterocycles. The Balaban J connectivity index is 2.24. The van der Waals surface area contributed by atoms with E-state index in [1.807, 2.05) is 41.8 Å². The number of ether oxygens (including phenoxy) is 2. The molecule has 3 aromatic rings. The van der Waals surface area contributed by atoms with Crippen LogP contribution in [-0.4, -0.2) is 34.8 Å². The third kappa shape index (κ3) is 3.33. The highest BCUT2D eigenvalue weighted by Gasteiger charge is 2.23. The minimum atomic E-state index is 0.0851. The van der Waals surface area contributed by atoms with Gasteiger partial charge in [-0.1, -0.05) is 6.07 Å². The highest BCUT2D eigenvalue weighted by Crippen LogP contribution is 2.36. The van der Waals surface area contributed by atoms with E-state index in [1.165, 1.54) is 0 Å². The number of carbonyl (C=O) groups is 1. The number of carbonyl (C=O) groups excluding carboxylic acids is 1. The maximum atomic E-state index is 11.5. The molecule has 0 spiro atoms. The minimum absolute atomic E-state index is 0.0851. The summed E-state index contributed by atoms with van der Waals surface area (Å²) in [6.07, 6.45) is 0.815. The predicted molar refractivity (Wildman–Crippen MR) is 95.9 cm³/mol. The Morgan fingerprint density at radius 1 is 1.12 bits per heavy atom. The summed E-state index contributed by atoms with van der Waals surface area (Å²) in [5.41, 5.74) is 0.671. The number of ketones is 1. The molecule has 7 nitrogen and oxygen atoms in total. The maximum Gasteiger partial charge on any atom is 0.204 e. The van der Waals surface area contributed by atoms with Crippen molar-refractivity contribution in [1.29, 1.82) is 0 Å². The van der Waals surface area contributed by atoms with E-state index in [-0.39, 0.29) is 5.78 Å². The van der Waals surface area contributed by atoms with Crippen molar-refractivity contribution in [1.82, 2.24) is 14.8 Å². The van der Waals surface area contributed by atoms with Gasteiger partial charge in [0.2, 0.25) is 5.82 Å². The molecule has 0 fully saturated rings. The highest BCUT2D eigenvalue weighted by atomic mass is 16.5. The predicted octanol–water partition coefficient (Wildman–Crippen LogP) is 3.37. The molecule has 0 saturated heterocycles. The normalized spacial score (nSPS) is 10.8. The van der Waals surface area contributed by atoms with Crippen LogP contribution in [0.25, 0.3) is 17.3 Å². The van der Waals surface area contributed by atoms with Crippen LogP contribution in [0.3, 0.4) is 0 Å². The van der Waals surface area contributed by atoms with Gasteiger partial charge in [-0.3, -0.25) is 4.57 Å². The number of hydrogen-bond donors (Lipinski definition) is 0. The molecule has 0 radical (unpaired) electrons. The Morgan fingerprint density at radius 2 is 1.81 bits per heavy atom.